The lowest BCUT2D eigenvalue weighted by atomic mass is 10.0. The molecule has 0 aliphatic rings. The van der Waals surface area contributed by atoms with E-state index in [2.05, 4.69) is 5.32 Å². The summed E-state index contributed by atoms with van der Waals surface area (Å²) in [5.74, 6) is -0.0479. The van der Waals surface area contributed by atoms with E-state index in [1.165, 1.54) is 18.2 Å². The number of carbonyl (C=O) groups is 1. The Labute approximate surface area is 118 Å². The molecule has 0 saturated carbocycles. The lowest BCUT2D eigenvalue weighted by Gasteiger charge is -2.14. The van der Waals surface area contributed by atoms with E-state index in [9.17, 15) is 13.6 Å². The number of carbonyl (C=O) groups excluding carboxylic acids is 1. The largest absolute Gasteiger partial charge is 0.325 e. The maximum Gasteiger partial charge on any atom is 0.263 e. The number of rotatable bonds is 5. The maximum absolute atomic E-state index is 12.5. The number of hydrogen-bond acceptors (Lipinski definition) is 2. The quantitative estimate of drug-likeness (QED) is 0.874. The Morgan fingerprint density at radius 1 is 1.37 bits per heavy atom. The third kappa shape index (κ3) is 5.98. The van der Waals surface area contributed by atoms with Crippen LogP contribution in [0, 0.1) is 5.92 Å². The van der Waals surface area contributed by atoms with E-state index in [1.54, 1.807) is 6.07 Å². The summed E-state index contributed by atoms with van der Waals surface area (Å²) in [6.45, 7) is 3.93. The number of nitrogens with one attached hydrogen (secondary N) is 1. The third-order valence-corrected chi connectivity index (χ3v) is 2.47. The molecule has 0 fully saturated rings. The molecule has 1 aromatic rings. The summed E-state index contributed by atoms with van der Waals surface area (Å²) < 4.78 is 25.0. The molecule has 1 rings (SSSR count). The Bertz CT molecular complexity index is 413. The van der Waals surface area contributed by atoms with Crippen LogP contribution in [0.5, 0.6) is 0 Å². The number of benzene rings is 1. The van der Waals surface area contributed by atoms with Crippen LogP contribution in [0.4, 0.5) is 14.5 Å². The Balaban J connectivity index is 0.00000324. The monoisotopic (exact) mass is 292 g/mol. The van der Waals surface area contributed by atoms with Gasteiger partial charge in [-0.3, -0.25) is 4.79 Å². The smallest absolute Gasteiger partial charge is 0.263 e. The molecule has 1 amide bonds. The van der Waals surface area contributed by atoms with Crippen molar-refractivity contribution in [3.05, 3.63) is 29.8 Å². The predicted molar refractivity (Wildman–Crippen MR) is 74.7 cm³/mol. The molecule has 0 spiro atoms. The maximum atomic E-state index is 12.5. The summed E-state index contributed by atoms with van der Waals surface area (Å²) in [5, 5.41) is 2.55. The van der Waals surface area contributed by atoms with Gasteiger partial charge in [0.1, 0.15) is 0 Å². The van der Waals surface area contributed by atoms with Gasteiger partial charge < -0.3 is 11.1 Å². The minimum Gasteiger partial charge on any atom is -0.325 e. The summed E-state index contributed by atoms with van der Waals surface area (Å²) in [4.78, 5) is 11.7. The van der Waals surface area contributed by atoms with Crippen LogP contribution in [-0.2, 0) is 4.79 Å². The van der Waals surface area contributed by atoms with Crippen LogP contribution in [0.25, 0.3) is 0 Å². The zero-order valence-corrected chi connectivity index (χ0v) is 11.7. The Morgan fingerprint density at radius 2 is 2.00 bits per heavy atom. The van der Waals surface area contributed by atoms with E-state index < -0.39 is 12.5 Å². The van der Waals surface area contributed by atoms with Gasteiger partial charge >= 0.3 is 0 Å². The average molecular weight is 293 g/mol. The molecule has 3 nitrogen and oxygen atoms in total. The fourth-order valence-corrected chi connectivity index (χ4v) is 1.60. The summed E-state index contributed by atoms with van der Waals surface area (Å²) in [6.07, 6.45) is -1.99. The molecule has 1 aromatic carbocycles. The minimum absolute atomic E-state index is 0. The van der Waals surface area contributed by atoms with Gasteiger partial charge in [-0.05, 0) is 24.5 Å². The molecule has 0 aliphatic carbocycles. The molecule has 0 aliphatic heterocycles. The summed E-state index contributed by atoms with van der Waals surface area (Å²) in [6, 6.07) is 4.98. The Hall–Kier alpha value is -1.20. The third-order valence-electron chi connectivity index (χ3n) is 2.47. The van der Waals surface area contributed by atoms with Crippen LogP contribution in [0.2, 0.25) is 0 Å². The fourth-order valence-electron chi connectivity index (χ4n) is 1.60. The van der Waals surface area contributed by atoms with Crippen molar-refractivity contribution in [1.82, 2.24) is 0 Å². The van der Waals surface area contributed by atoms with Gasteiger partial charge in [0.25, 0.3) is 6.43 Å². The van der Waals surface area contributed by atoms with Gasteiger partial charge in [-0.1, -0.05) is 26.0 Å². The molecule has 108 valence electrons. The van der Waals surface area contributed by atoms with E-state index in [1.807, 2.05) is 13.8 Å². The van der Waals surface area contributed by atoms with Crippen molar-refractivity contribution < 1.29 is 13.6 Å². The van der Waals surface area contributed by atoms with E-state index in [4.69, 9.17) is 5.73 Å². The van der Waals surface area contributed by atoms with Crippen molar-refractivity contribution in [2.75, 3.05) is 5.32 Å². The van der Waals surface area contributed by atoms with Crippen molar-refractivity contribution >= 4 is 24.0 Å². The van der Waals surface area contributed by atoms with Crippen LogP contribution in [0.15, 0.2) is 24.3 Å². The SMILES string of the molecule is CC(C)C[C@H](N)C(=O)Nc1cccc(C(F)F)c1.Cl. The molecule has 19 heavy (non-hydrogen) atoms. The number of halogens is 3. The van der Waals surface area contributed by atoms with Gasteiger partial charge in [-0.15, -0.1) is 12.4 Å². The van der Waals surface area contributed by atoms with Crippen LogP contribution in [-0.4, -0.2) is 11.9 Å². The van der Waals surface area contributed by atoms with Gasteiger partial charge in [0.15, 0.2) is 0 Å². The summed E-state index contributed by atoms with van der Waals surface area (Å²) in [7, 11) is 0. The lowest BCUT2D eigenvalue weighted by molar-refractivity contribution is -0.117. The zero-order valence-electron chi connectivity index (χ0n) is 10.9. The van der Waals surface area contributed by atoms with Gasteiger partial charge in [0.2, 0.25) is 5.91 Å². The molecule has 0 bridgehead atoms. The van der Waals surface area contributed by atoms with E-state index in [0.717, 1.165) is 0 Å². The van der Waals surface area contributed by atoms with E-state index >= 15 is 0 Å². The van der Waals surface area contributed by atoms with Crippen molar-refractivity contribution in [2.45, 2.75) is 32.7 Å². The van der Waals surface area contributed by atoms with Crippen molar-refractivity contribution in [3.8, 4) is 0 Å². The van der Waals surface area contributed by atoms with E-state index in [-0.39, 0.29) is 23.9 Å². The Morgan fingerprint density at radius 3 is 2.53 bits per heavy atom. The van der Waals surface area contributed by atoms with Crippen LogP contribution >= 0.6 is 12.4 Å². The number of alkyl halides is 2. The molecule has 0 heterocycles. The molecule has 0 radical (unpaired) electrons. The molecule has 0 aromatic heterocycles. The highest BCUT2D eigenvalue weighted by atomic mass is 35.5. The van der Waals surface area contributed by atoms with Crippen LogP contribution in [0.3, 0.4) is 0 Å². The topological polar surface area (TPSA) is 55.1 Å². The molecule has 1 atom stereocenters. The van der Waals surface area contributed by atoms with Crippen molar-refractivity contribution in [1.29, 1.82) is 0 Å². The second-order valence-corrected chi connectivity index (χ2v) is 4.65. The molecule has 3 N–H and O–H groups in total. The molecule has 0 saturated heterocycles. The number of anilines is 1. The normalized spacial score (nSPS) is 12.2. The number of nitrogens with two attached hydrogens (primary N) is 1. The zero-order chi connectivity index (χ0) is 13.7. The van der Waals surface area contributed by atoms with Gasteiger partial charge in [0, 0.05) is 11.3 Å². The first-order valence-corrected chi connectivity index (χ1v) is 5.84. The highest BCUT2D eigenvalue weighted by Crippen LogP contribution is 2.21. The predicted octanol–water partition coefficient (Wildman–Crippen LogP) is 3.36. The molecule has 0 unspecified atom stereocenters. The van der Waals surface area contributed by atoms with Gasteiger partial charge in [-0.2, -0.15) is 0 Å². The minimum atomic E-state index is -2.55. The average Bonchev–Trinajstić information content (AvgIpc) is 2.28. The lowest BCUT2D eigenvalue weighted by Crippen LogP contribution is -2.36. The van der Waals surface area contributed by atoms with Crippen molar-refractivity contribution in [2.24, 2.45) is 11.7 Å². The van der Waals surface area contributed by atoms with Crippen molar-refractivity contribution in [3.63, 3.8) is 0 Å². The first kappa shape index (κ1) is 17.8. The Kier molecular flexibility index (Phi) is 7.56. The first-order chi connectivity index (χ1) is 8.40. The van der Waals surface area contributed by atoms with Gasteiger partial charge in [-0.25, -0.2) is 8.78 Å². The second-order valence-electron chi connectivity index (χ2n) is 4.65. The fraction of sp³-hybridized carbons (Fsp3) is 0.462. The highest BCUT2D eigenvalue weighted by molar-refractivity contribution is 5.94. The highest BCUT2D eigenvalue weighted by Gasteiger charge is 2.15. The van der Waals surface area contributed by atoms with Gasteiger partial charge in [0.05, 0.1) is 6.04 Å². The molecular formula is C13H19ClF2N2O. The summed E-state index contributed by atoms with van der Waals surface area (Å²) >= 11 is 0. The van der Waals surface area contributed by atoms with Crippen LogP contribution < -0.4 is 11.1 Å². The number of amides is 1. The summed E-state index contributed by atoms with van der Waals surface area (Å²) in [5.41, 5.74) is 5.93. The molecule has 6 heteroatoms. The number of hydrogen-bond donors (Lipinski definition) is 2. The second kappa shape index (κ2) is 8.07. The van der Waals surface area contributed by atoms with Crippen LogP contribution in [0.1, 0.15) is 32.3 Å². The van der Waals surface area contributed by atoms with E-state index in [0.29, 0.717) is 18.0 Å². The first-order valence-electron chi connectivity index (χ1n) is 5.84. The standard InChI is InChI=1S/C13H18F2N2O.ClH/c1-8(2)6-11(16)13(18)17-10-5-3-4-9(7-10)12(14)15;/h3-5,7-8,11-12H,6,16H2,1-2H3,(H,17,18);1H/t11-;/m0./s1. The molecular weight excluding hydrogens is 274 g/mol.